The third-order valence-corrected chi connectivity index (χ3v) is 5.28. The third kappa shape index (κ3) is 3.35. The normalized spacial score (nSPS) is 11.3. The van der Waals surface area contributed by atoms with E-state index in [1.807, 2.05) is 0 Å². The van der Waals surface area contributed by atoms with Crippen LogP contribution in [0.2, 0.25) is 15.1 Å². The second kappa shape index (κ2) is 6.42. The van der Waals surface area contributed by atoms with Crippen LogP contribution in [0.4, 0.5) is 5.69 Å². The van der Waals surface area contributed by atoms with E-state index in [4.69, 9.17) is 39.5 Å². The van der Waals surface area contributed by atoms with E-state index >= 15 is 0 Å². The standard InChI is InChI=1S/C13H10Cl3NO4S/c1-21-7-2-4-8(5-3-7)22(19,20)17-10-6-9(14)13(18)12(16)11(10)15/h2-6,17-18H,1H3. The molecule has 0 aliphatic heterocycles. The van der Waals surface area contributed by atoms with E-state index in [2.05, 4.69) is 4.72 Å². The minimum atomic E-state index is -3.90. The Balaban J connectivity index is 2.40. The first-order valence-corrected chi connectivity index (χ1v) is 8.41. The molecule has 0 aliphatic rings. The lowest BCUT2D eigenvalue weighted by molar-refractivity contribution is 0.414. The van der Waals surface area contributed by atoms with Gasteiger partial charge in [0.25, 0.3) is 10.0 Å². The zero-order valence-corrected chi connectivity index (χ0v) is 14.2. The van der Waals surface area contributed by atoms with Gasteiger partial charge in [0.1, 0.15) is 10.8 Å². The molecule has 0 radical (unpaired) electrons. The average molecular weight is 383 g/mol. The van der Waals surface area contributed by atoms with Crippen molar-refractivity contribution in [2.75, 3.05) is 11.8 Å². The maximum atomic E-state index is 12.3. The Kier molecular flexibility index (Phi) is 4.97. The molecule has 2 aromatic carbocycles. The van der Waals surface area contributed by atoms with Crippen molar-refractivity contribution < 1.29 is 18.3 Å². The van der Waals surface area contributed by atoms with Crippen molar-refractivity contribution in [2.24, 2.45) is 0 Å². The summed E-state index contributed by atoms with van der Waals surface area (Å²) < 4.78 is 31.8. The van der Waals surface area contributed by atoms with Gasteiger partial charge in [-0.1, -0.05) is 34.8 Å². The number of methoxy groups -OCH3 is 1. The largest absolute Gasteiger partial charge is 0.505 e. The summed E-state index contributed by atoms with van der Waals surface area (Å²) in [5.74, 6) is 0.105. The molecule has 0 atom stereocenters. The first-order chi connectivity index (χ1) is 10.3. The van der Waals surface area contributed by atoms with E-state index in [1.54, 1.807) is 0 Å². The molecule has 0 spiro atoms. The number of aromatic hydroxyl groups is 1. The van der Waals surface area contributed by atoms with Crippen LogP contribution in [0, 0.1) is 0 Å². The molecule has 118 valence electrons. The van der Waals surface area contributed by atoms with E-state index in [9.17, 15) is 13.5 Å². The van der Waals surface area contributed by atoms with Crippen LogP contribution in [0.3, 0.4) is 0 Å². The predicted octanol–water partition coefficient (Wildman–Crippen LogP) is 4.16. The molecule has 2 aromatic rings. The van der Waals surface area contributed by atoms with Gasteiger partial charge in [0, 0.05) is 0 Å². The summed E-state index contributed by atoms with van der Waals surface area (Å²) >= 11 is 17.5. The molecule has 0 saturated carbocycles. The number of nitrogens with one attached hydrogen (secondary N) is 1. The fourth-order valence-electron chi connectivity index (χ4n) is 1.62. The summed E-state index contributed by atoms with van der Waals surface area (Å²) in [4.78, 5) is 0.00434. The van der Waals surface area contributed by atoms with Gasteiger partial charge in [-0.3, -0.25) is 4.72 Å². The molecule has 2 N–H and O–H groups in total. The van der Waals surface area contributed by atoms with Crippen molar-refractivity contribution in [1.29, 1.82) is 0 Å². The zero-order chi connectivity index (χ0) is 16.5. The van der Waals surface area contributed by atoms with E-state index < -0.39 is 15.8 Å². The number of halogens is 3. The Morgan fingerprint density at radius 2 is 1.68 bits per heavy atom. The van der Waals surface area contributed by atoms with Gasteiger partial charge < -0.3 is 9.84 Å². The molecule has 22 heavy (non-hydrogen) atoms. The highest BCUT2D eigenvalue weighted by molar-refractivity contribution is 7.92. The molecular weight excluding hydrogens is 373 g/mol. The molecular formula is C13H10Cl3NO4S. The minimum Gasteiger partial charge on any atom is -0.505 e. The molecule has 0 fully saturated rings. The van der Waals surface area contributed by atoms with Crippen molar-refractivity contribution >= 4 is 50.5 Å². The summed E-state index contributed by atoms with van der Waals surface area (Å²) in [6, 6.07) is 6.93. The lowest BCUT2D eigenvalue weighted by Crippen LogP contribution is -2.13. The second-order valence-corrected chi connectivity index (χ2v) is 7.01. The number of hydrogen-bond acceptors (Lipinski definition) is 4. The maximum Gasteiger partial charge on any atom is 0.261 e. The fourth-order valence-corrected chi connectivity index (χ4v) is 3.38. The Morgan fingerprint density at radius 1 is 1.09 bits per heavy atom. The highest BCUT2D eigenvalue weighted by atomic mass is 35.5. The van der Waals surface area contributed by atoms with Gasteiger partial charge in [-0.2, -0.15) is 0 Å². The van der Waals surface area contributed by atoms with Crippen molar-refractivity contribution in [3.05, 3.63) is 45.4 Å². The molecule has 0 heterocycles. The Bertz CT molecular complexity index is 807. The molecule has 9 heteroatoms. The number of phenolic OH excluding ortho intramolecular Hbond substituents is 1. The number of benzene rings is 2. The average Bonchev–Trinajstić information content (AvgIpc) is 2.50. The fraction of sp³-hybridized carbons (Fsp3) is 0.0769. The molecule has 5 nitrogen and oxygen atoms in total. The highest BCUT2D eigenvalue weighted by Crippen LogP contribution is 2.42. The van der Waals surface area contributed by atoms with Crippen LogP contribution >= 0.6 is 34.8 Å². The number of sulfonamides is 1. The third-order valence-electron chi connectivity index (χ3n) is 2.75. The van der Waals surface area contributed by atoms with Crippen molar-refractivity contribution in [1.82, 2.24) is 0 Å². The Morgan fingerprint density at radius 3 is 2.23 bits per heavy atom. The van der Waals surface area contributed by atoms with Gasteiger partial charge in [-0.15, -0.1) is 0 Å². The van der Waals surface area contributed by atoms with E-state index in [-0.39, 0.29) is 25.7 Å². The van der Waals surface area contributed by atoms with E-state index in [0.29, 0.717) is 5.75 Å². The van der Waals surface area contributed by atoms with Crippen LogP contribution in [0.5, 0.6) is 11.5 Å². The van der Waals surface area contributed by atoms with Gasteiger partial charge in [0.15, 0.2) is 5.75 Å². The van der Waals surface area contributed by atoms with Gasteiger partial charge in [0.2, 0.25) is 0 Å². The quantitative estimate of drug-likeness (QED) is 0.615. The van der Waals surface area contributed by atoms with Crippen molar-refractivity contribution in [2.45, 2.75) is 4.90 Å². The summed E-state index contributed by atoms with van der Waals surface area (Å²) in [5.41, 5.74) is -0.0368. The first kappa shape index (κ1) is 17.0. The van der Waals surface area contributed by atoms with Crippen LogP contribution in [0.1, 0.15) is 0 Å². The zero-order valence-electron chi connectivity index (χ0n) is 11.1. The van der Waals surface area contributed by atoms with Crippen molar-refractivity contribution in [3.63, 3.8) is 0 Å². The Hall–Kier alpha value is -1.34. The lowest BCUT2D eigenvalue weighted by Gasteiger charge is -2.12. The SMILES string of the molecule is COc1ccc(S(=O)(=O)Nc2cc(Cl)c(O)c(Cl)c2Cl)cc1. The topological polar surface area (TPSA) is 75.6 Å². The van der Waals surface area contributed by atoms with Crippen LogP contribution < -0.4 is 9.46 Å². The Labute approximate surface area is 142 Å². The maximum absolute atomic E-state index is 12.3. The predicted molar refractivity (Wildman–Crippen MR) is 86.9 cm³/mol. The monoisotopic (exact) mass is 381 g/mol. The summed E-state index contributed by atoms with van der Waals surface area (Å²) in [6.45, 7) is 0. The summed E-state index contributed by atoms with van der Waals surface area (Å²) in [6.07, 6.45) is 0. The number of anilines is 1. The molecule has 0 amide bonds. The summed E-state index contributed by atoms with van der Waals surface area (Å²) in [7, 11) is -2.42. The number of hydrogen-bond donors (Lipinski definition) is 2. The van der Waals surface area contributed by atoms with E-state index in [0.717, 1.165) is 0 Å². The molecule has 0 unspecified atom stereocenters. The molecule has 0 aliphatic carbocycles. The lowest BCUT2D eigenvalue weighted by atomic mass is 10.3. The van der Waals surface area contributed by atoms with Gasteiger partial charge in [-0.05, 0) is 30.3 Å². The minimum absolute atomic E-state index is 0.00434. The van der Waals surface area contributed by atoms with Gasteiger partial charge >= 0.3 is 0 Å². The molecule has 0 saturated heterocycles. The van der Waals surface area contributed by atoms with Crippen LogP contribution in [0.15, 0.2) is 35.2 Å². The van der Waals surface area contributed by atoms with Gasteiger partial charge in [-0.25, -0.2) is 8.42 Å². The smallest absolute Gasteiger partial charge is 0.261 e. The highest BCUT2D eigenvalue weighted by Gasteiger charge is 2.20. The molecule has 0 bridgehead atoms. The van der Waals surface area contributed by atoms with Gasteiger partial charge in [0.05, 0.1) is 27.7 Å². The van der Waals surface area contributed by atoms with Crippen molar-refractivity contribution in [3.8, 4) is 11.5 Å². The number of phenols is 1. The number of ether oxygens (including phenoxy) is 1. The molecule has 0 aromatic heterocycles. The van der Waals surface area contributed by atoms with Crippen LogP contribution in [-0.2, 0) is 10.0 Å². The first-order valence-electron chi connectivity index (χ1n) is 5.79. The summed E-state index contributed by atoms with van der Waals surface area (Å²) in [5, 5.41) is 9.04. The van der Waals surface area contributed by atoms with E-state index in [1.165, 1.54) is 37.4 Å². The van der Waals surface area contributed by atoms with Crippen LogP contribution in [0.25, 0.3) is 0 Å². The molecule has 2 rings (SSSR count). The van der Waals surface area contributed by atoms with Crippen LogP contribution in [-0.4, -0.2) is 20.6 Å². The second-order valence-electron chi connectivity index (χ2n) is 4.16. The number of rotatable bonds is 4.